The number of rotatable bonds is 0. The van der Waals surface area contributed by atoms with Gasteiger partial charge in [-0.15, -0.1) is 0 Å². The summed E-state index contributed by atoms with van der Waals surface area (Å²) in [6.45, 7) is 3.06. The minimum Gasteiger partial charge on any atom is -0.300 e. The van der Waals surface area contributed by atoms with Gasteiger partial charge in [-0.05, 0) is 39.5 Å². The second kappa shape index (κ2) is 6.53. The molecule has 1 nitrogen and oxygen atoms in total. The molecule has 0 atom stereocenters. The van der Waals surface area contributed by atoms with Crippen molar-refractivity contribution in [1.82, 2.24) is 0 Å². The third-order valence-electron chi connectivity index (χ3n) is 1.16. The van der Waals surface area contributed by atoms with Crippen molar-refractivity contribution in [3.63, 3.8) is 0 Å². The van der Waals surface area contributed by atoms with E-state index < -0.39 is 0 Å². The van der Waals surface area contributed by atoms with E-state index in [-0.39, 0.29) is 5.78 Å². The van der Waals surface area contributed by atoms with Crippen molar-refractivity contribution in [2.75, 3.05) is 0 Å². The molecule has 1 rings (SSSR count). The van der Waals surface area contributed by atoms with Crippen LogP contribution in [0, 0.1) is 0 Å². The fraction of sp³-hybridized carbons (Fsp3) is 0.667. The third kappa shape index (κ3) is 10.4. The third-order valence-corrected chi connectivity index (χ3v) is 1.16. The predicted molar refractivity (Wildman–Crippen MR) is 44.0 cm³/mol. The van der Waals surface area contributed by atoms with Crippen LogP contribution in [0.4, 0.5) is 0 Å². The molecule has 58 valence electrons. The van der Waals surface area contributed by atoms with Gasteiger partial charge >= 0.3 is 0 Å². The van der Waals surface area contributed by atoms with Crippen molar-refractivity contribution in [2.24, 2.45) is 0 Å². The summed E-state index contributed by atoms with van der Waals surface area (Å²) in [6.07, 6.45) is 10.0. The molecule has 0 bridgehead atoms. The Morgan fingerprint density at radius 2 is 1.40 bits per heavy atom. The molecule has 0 aromatic carbocycles. The molecule has 0 radical (unpaired) electrons. The molecule has 0 saturated carbocycles. The summed E-state index contributed by atoms with van der Waals surface area (Å²) in [4.78, 5) is 9.44. The SMILES string of the molecule is C1=CCCCC1.CC(C)=O. The minimum absolute atomic E-state index is 0.167. The van der Waals surface area contributed by atoms with Crippen LogP contribution < -0.4 is 0 Å². The van der Waals surface area contributed by atoms with E-state index >= 15 is 0 Å². The van der Waals surface area contributed by atoms with Crippen LogP contribution in [0.1, 0.15) is 39.5 Å². The summed E-state index contributed by atoms with van der Waals surface area (Å²) >= 11 is 0. The normalized spacial score (nSPS) is 15.4. The highest BCUT2D eigenvalue weighted by molar-refractivity contribution is 5.72. The number of Topliss-reactive ketones (excluding diaryl/α,β-unsaturated/α-hetero) is 1. The summed E-state index contributed by atoms with van der Waals surface area (Å²) in [6, 6.07) is 0. The Balaban J connectivity index is 0.000000180. The second-order valence-corrected chi connectivity index (χ2v) is 2.66. The zero-order valence-corrected chi connectivity index (χ0v) is 6.89. The van der Waals surface area contributed by atoms with E-state index in [4.69, 9.17) is 0 Å². The zero-order chi connectivity index (χ0) is 7.82. The summed E-state index contributed by atoms with van der Waals surface area (Å²) < 4.78 is 0. The standard InChI is InChI=1S/C6H10.C3H6O/c1-2-4-6-5-3-1;1-3(2)4/h1-2H,3-6H2;1-2H3. The molecule has 1 aliphatic rings. The first-order valence-electron chi connectivity index (χ1n) is 3.85. The summed E-state index contributed by atoms with van der Waals surface area (Å²) in [7, 11) is 0. The number of carbonyl (C=O) groups excluding carboxylic acids is 1. The van der Waals surface area contributed by atoms with Crippen LogP contribution in [-0.4, -0.2) is 5.78 Å². The molecule has 1 aliphatic carbocycles. The van der Waals surface area contributed by atoms with Gasteiger partial charge in [-0.2, -0.15) is 0 Å². The molecule has 0 fully saturated rings. The van der Waals surface area contributed by atoms with Crippen molar-refractivity contribution >= 4 is 5.78 Å². The van der Waals surface area contributed by atoms with Crippen LogP contribution >= 0.6 is 0 Å². The molecule has 1 heteroatoms. The molecule has 0 heterocycles. The smallest absolute Gasteiger partial charge is 0.126 e. The Hall–Kier alpha value is -0.590. The predicted octanol–water partition coefficient (Wildman–Crippen LogP) is 2.71. The van der Waals surface area contributed by atoms with Gasteiger partial charge in [0.2, 0.25) is 0 Å². The van der Waals surface area contributed by atoms with E-state index in [1.54, 1.807) is 0 Å². The highest BCUT2D eigenvalue weighted by Gasteiger charge is 1.87. The van der Waals surface area contributed by atoms with Crippen LogP contribution in [0.25, 0.3) is 0 Å². The van der Waals surface area contributed by atoms with Gasteiger partial charge in [0, 0.05) is 0 Å². The second-order valence-electron chi connectivity index (χ2n) is 2.66. The number of hydrogen-bond acceptors (Lipinski definition) is 1. The molecule has 0 saturated heterocycles. The van der Waals surface area contributed by atoms with Crippen molar-refractivity contribution < 1.29 is 4.79 Å². The van der Waals surface area contributed by atoms with Crippen molar-refractivity contribution in [3.8, 4) is 0 Å². The van der Waals surface area contributed by atoms with Crippen LogP contribution in [-0.2, 0) is 4.79 Å². The van der Waals surface area contributed by atoms with Crippen molar-refractivity contribution in [1.29, 1.82) is 0 Å². The van der Waals surface area contributed by atoms with E-state index in [9.17, 15) is 4.79 Å². The first kappa shape index (κ1) is 9.41. The lowest BCUT2D eigenvalue weighted by molar-refractivity contribution is -0.114. The van der Waals surface area contributed by atoms with Crippen LogP contribution in [0.5, 0.6) is 0 Å². The average molecular weight is 140 g/mol. The Bertz CT molecular complexity index is 102. The molecule has 0 unspecified atom stereocenters. The summed E-state index contributed by atoms with van der Waals surface area (Å²) in [5.74, 6) is 0.167. The van der Waals surface area contributed by atoms with E-state index in [0.717, 1.165) is 0 Å². The fourth-order valence-electron chi connectivity index (χ4n) is 0.760. The average Bonchev–Trinajstić information content (AvgIpc) is 1.90. The number of hydrogen-bond donors (Lipinski definition) is 0. The van der Waals surface area contributed by atoms with Gasteiger partial charge in [0.25, 0.3) is 0 Å². The Kier molecular flexibility index (Phi) is 6.14. The van der Waals surface area contributed by atoms with Gasteiger partial charge in [0.05, 0.1) is 0 Å². The zero-order valence-electron chi connectivity index (χ0n) is 6.89. The Morgan fingerprint density at radius 1 is 1.10 bits per heavy atom. The molecular formula is C9H16O. The lowest BCUT2D eigenvalue weighted by Gasteiger charge is -1.97. The lowest BCUT2D eigenvalue weighted by atomic mass is 10.1. The van der Waals surface area contributed by atoms with Gasteiger partial charge < -0.3 is 4.79 Å². The van der Waals surface area contributed by atoms with Crippen molar-refractivity contribution in [3.05, 3.63) is 12.2 Å². The summed E-state index contributed by atoms with van der Waals surface area (Å²) in [5.41, 5.74) is 0. The van der Waals surface area contributed by atoms with Crippen LogP contribution in [0.3, 0.4) is 0 Å². The van der Waals surface area contributed by atoms with E-state index in [0.29, 0.717) is 0 Å². The molecule has 0 aromatic rings. The highest BCUT2D eigenvalue weighted by atomic mass is 16.1. The Labute approximate surface area is 63.1 Å². The Morgan fingerprint density at radius 3 is 1.50 bits per heavy atom. The van der Waals surface area contributed by atoms with Gasteiger partial charge in [0.1, 0.15) is 5.78 Å². The molecule has 0 aromatic heterocycles. The molecule has 0 aliphatic heterocycles. The first-order valence-corrected chi connectivity index (χ1v) is 3.85. The lowest BCUT2D eigenvalue weighted by Crippen LogP contribution is -1.77. The molecule has 0 N–H and O–H groups in total. The van der Waals surface area contributed by atoms with Crippen molar-refractivity contribution in [2.45, 2.75) is 39.5 Å². The van der Waals surface area contributed by atoms with E-state index in [2.05, 4.69) is 12.2 Å². The monoisotopic (exact) mass is 140 g/mol. The fourth-order valence-corrected chi connectivity index (χ4v) is 0.760. The first-order chi connectivity index (χ1) is 4.73. The number of allylic oxidation sites excluding steroid dienone is 2. The molecular weight excluding hydrogens is 124 g/mol. The quantitative estimate of drug-likeness (QED) is 0.473. The van der Waals surface area contributed by atoms with Gasteiger partial charge in [-0.1, -0.05) is 12.2 Å². The topological polar surface area (TPSA) is 17.1 Å². The largest absolute Gasteiger partial charge is 0.300 e. The number of ketones is 1. The minimum atomic E-state index is 0.167. The van der Waals surface area contributed by atoms with Gasteiger partial charge in [-0.3, -0.25) is 0 Å². The molecule has 10 heavy (non-hydrogen) atoms. The maximum atomic E-state index is 9.44. The highest BCUT2D eigenvalue weighted by Crippen LogP contribution is 2.07. The van der Waals surface area contributed by atoms with Gasteiger partial charge in [0.15, 0.2) is 0 Å². The van der Waals surface area contributed by atoms with E-state index in [1.807, 2.05) is 0 Å². The molecule has 0 spiro atoms. The molecule has 0 amide bonds. The van der Waals surface area contributed by atoms with Crippen LogP contribution in [0.15, 0.2) is 12.2 Å². The summed E-state index contributed by atoms with van der Waals surface area (Å²) in [5, 5.41) is 0. The van der Waals surface area contributed by atoms with Gasteiger partial charge in [-0.25, -0.2) is 0 Å². The van der Waals surface area contributed by atoms with Crippen LogP contribution in [0.2, 0.25) is 0 Å². The maximum absolute atomic E-state index is 9.44. The maximum Gasteiger partial charge on any atom is 0.126 e. The van der Waals surface area contributed by atoms with E-state index in [1.165, 1.54) is 39.5 Å². The number of carbonyl (C=O) groups is 1.